The first-order valence-electron chi connectivity index (χ1n) is 7.25. The van der Waals surface area contributed by atoms with Gasteiger partial charge >= 0.3 is 0 Å². The molecule has 2 atom stereocenters. The number of para-hydroxylation sites is 1. The summed E-state index contributed by atoms with van der Waals surface area (Å²) in [4.78, 5) is 4.96. The molecule has 104 valence electrons. The number of piperazine rings is 1. The van der Waals surface area contributed by atoms with Gasteiger partial charge in [0.2, 0.25) is 0 Å². The Kier molecular flexibility index (Phi) is 4.01. The molecule has 2 unspecified atom stereocenters. The van der Waals surface area contributed by atoms with Crippen molar-refractivity contribution in [3.63, 3.8) is 0 Å². The maximum atomic E-state index is 9.53. The molecule has 0 amide bonds. The number of aliphatic hydroxyl groups is 1. The van der Waals surface area contributed by atoms with Crippen molar-refractivity contribution in [2.45, 2.75) is 18.6 Å². The fourth-order valence-corrected chi connectivity index (χ4v) is 3.08. The Morgan fingerprint density at radius 2 is 1.84 bits per heavy atom. The van der Waals surface area contributed by atoms with Crippen LogP contribution in [0.4, 0.5) is 5.69 Å². The van der Waals surface area contributed by atoms with E-state index in [1.54, 1.807) is 0 Å². The lowest BCUT2D eigenvalue weighted by atomic mass is 10.1. The minimum Gasteiger partial charge on any atom is -0.392 e. The van der Waals surface area contributed by atoms with Gasteiger partial charge in [-0.3, -0.25) is 4.90 Å². The van der Waals surface area contributed by atoms with Crippen LogP contribution in [0.5, 0.6) is 0 Å². The quantitative estimate of drug-likeness (QED) is 0.832. The predicted octanol–water partition coefficient (Wildman–Crippen LogP) is 0.531. The normalized spacial score (nSPS) is 28.8. The molecule has 2 aliphatic rings. The highest BCUT2D eigenvalue weighted by atomic mass is 16.3. The first-order valence-corrected chi connectivity index (χ1v) is 7.25. The van der Waals surface area contributed by atoms with Crippen molar-refractivity contribution in [1.29, 1.82) is 0 Å². The van der Waals surface area contributed by atoms with Crippen LogP contribution in [0.1, 0.15) is 6.42 Å². The highest BCUT2D eigenvalue weighted by Gasteiger charge is 2.25. The van der Waals surface area contributed by atoms with E-state index in [0.29, 0.717) is 6.04 Å². The fourth-order valence-electron chi connectivity index (χ4n) is 3.08. The number of hydrogen-bond donors (Lipinski definition) is 2. The third-order valence-electron chi connectivity index (χ3n) is 4.17. The van der Waals surface area contributed by atoms with Gasteiger partial charge in [-0.05, 0) is 18.6 Å². The average Bonchev–Trinajstić information content (AvgIpc) is 2.86. The SMILES string of the molecule is OC1CNC(CN2CCN(c3ccccc3)CC2)C1. The fraction of sp³-hybridized carbons (Fsp3) is 0.600. The summed E-state index contributed by atoms with van der Waals surface area (Å²) in [7, 11) is 0. The van der Waals surface area contributed by atoms with E-state index in [1.165, 1.54) is 5.69 Å². The van der Waals surface area contributed by atoms with Gasteiger partial charge in [0.05, 0.1) is 6.10 Å². The van der Waals surface area contributed by atoms with Gasteiger partial charge < -0.3 is 15.3 Å². The standard InChI is InChI=1S/C15H23N3O/c19-15-10-13(16-11-15)12-17-6-8-18(9-7-17)14-4-2-1-3-5-14/h1-5,13,15-16,19H,6-12H2. The Balaban J connectivity index is 1.47. The van der Waals surface area contributed by atoms with Crippen molar-refractivity contribution < 1.29 is 5.11 Å². The molecule has 0 radical (unpaired) electrons. The van der Waals surface area contributed by atoms with Crippen molar-refractivity contribution in [3.8, 4) is 0 Å². The van der Waals surface area contributed by atoms with Crippen LogP contribution in [0.25, 0.3) is 0 Å². The molecule has 0 spiro atoms. The second-order valence-corrected chi connectivity index (χ2v) is 5.62. The van der Waals surface area contributed by atoms with Crippen molar-refractivity contribution in [2.24, 2.45) is 0 Å². The second kappa shape index (κ2) is 5.90. The average molecular weight is 261 g/mol. The number of nitrogens with one attached hydrogen (secondary N) is 1. The minimum atomic E-state index is -0.143. The van der Waals surface area contributed by atoms with E-state index >= 15 is 0 Å². The summed E-state index contributed by atoms with van der Waals surface area (Å²) >= 11 is 0. The highest BCUT2D eigenvalue weighted by molar-refractivity contribution is 5.46. The molecular weight excluding hydrogens is 238 g/mol. The van der Waals surface area contributed by atoms with Crippen molar-refractivity contribution in [3.05, 3.63) is 30.3 Å². The summed E-state index contributed by atoms with van der Waals surface area (Å²) in [5.74, 6) is 0. The number of benzene rings is 1. The van der Waals surface area contributed by atoms with Crippen molar-refractivity contribution in [2.75, 3.05) is 44.2 Å². The van der Waals surface area contributed by atoms with Gasteiger partial charge in [-0.25, -0.2) is 0 Å². The summed E-state index contributed by atoms with van der Waals surface area (Å²) in [6, 6.07) is 11.1. The van der Waals surface area contributed by atoms with Crippen LogP contribution in [-0.4, -0.2) is 61.4 Å². The molecule has 0 aromatic heterocycles. The monoisotopic (exact) mass is 261 g/mol. The molecule has 4 nitrogen and oxygen atoms in total. The number of hydrogen-bond acceptors (Lipinski definition) is 4. The zero-order valence-electron chi connectivity index (χ0n) is 11.3. The molecule has 2 heterocycles. The van der Waals surface area contributed by atoms with Gasteiger partial charge in [-0.1, -0.05) is 18.2 Å². The molecule has 2 fully saturated rings. The number of nitrogens with zero attached hydrogens (tertiary/aromatic N) is 2. The molecule has 2 aliphatic heterocycles. The highest BCUT2D eigenvalue weighted by Crippen LogP contribution is 2.16. The molecule has 1 aromatic carbocycles. The molecule has 0 aliphatic carbocycles. The molecule has 4 heteroatoms. The van der Waals surface area contributed by atoms with Crippen LogP contribution in [0.2, 0.25) is 0 Å². The van der Waals surface area contributed by atoms with E-state index < -0.39 is 0 Å². The first-order chi connectivity index (χ1) is 9.31. The molecule has 1 aromatic rings. The van der Waals surface area contributed by atoms with Crippen LogP contribution < -0.4 is 10.2 Å². The van der Waals surface area contributed by atoms with Crippen LogP contribution in [-0.2, 0) is 0 Å². The lowest BCUT2D eigenvalue weighted by Crippen LogP contribution is -2.49. The van der Waals surface area contributed by atoms with E-state index in [-0.39, 0.29) is 6.10 Å². The number of β-amino-alcohol motifs (C(OH)–C–C–N with tert-alkyl or cyclic N) is 1. The molecule has 2 saturated heterocycles. The second-order valence-electron chi connectivity index (χ2n) is 5.62. The lowest BCUT2D eigenvalue weighted by molar-refractivity contribution is 0.185. The van der Waals surface area contributed by atoms with Gasteiger partial charge in [-0.2, -0.15) is 0 Å². The molecule has 19 heavy (non-hydrogen) atoms. The van der Waals surface area contributed by atoms with Crippen LogP contribution in [0, 0.1) is 0 Å². The molecule has 3 rings (SSSR count). The molecular formula is C15H23N3O. The largest absolute Gasteiger partial charge is 0.392 e. The van der Waals surface area contributed by atoms with Crippen molar-refractivity contribution in [1.82, 2.24) is 10.2 Å². The summed E-state index contributed by atoms with van der Waals surface area (Å²) < 4.78 is 0. The molecule has 0 bridgehead atoms. The first kappa shape index (κ1) is 12.9. The Labute approximate surface area is 115 Å². The maximum Gasteiger partial charge on any atom is 0.0680 e. The smallest absolute Gasteiger partial charge is 0.0680 e. The van der Waals surface area contributed by atoms with E-state index in [4.69, 9.17) is 0 Å². The Morgan fingerprint density at radius 3 is 2.47 bits per heavy atom. The van der Waals surface area contributed by atoms with Gasteiger partial charge in [0, 0.05) is 51.0 Å². The molecule has 0 saturated carbocycles. The van der Waals surface area contributed by atoms with Crippen LogP contribution in [0.3, 0.4) is 0 Å². The van der Waals surface area contributed by atoms with Gasteiger partial charge in [0.15, 0.2) is 0 Å². The zero-order chi connectivity index (χ0) is 13.1. The molecule has 2 N–H and O–H groups in total. The number of anilines is 1. The van der Waals surface area contributed by atoms with Gasteiger partial charge in [0.25, 0.3) is 0 Å². The third-order valence-corrected chi connectivity index (χ3v) is 4.17. The van der Waals surface area contributed by atoms with Crippen LogP contribution in [0.15, 0.2) is 30.3 Å². The topological polar surface area (TPSA) is 38.7 Å². The summed E-state index contributed by atoms with van der Waals surface area (Å²) in [6.07, 6.45) is 0.759. The minimum absolute atomic E-state index is 0.143. The number of rotatable bonds is 3. The Hall–Kier alpha value is -1.10. The van der Waals surface area contributed by atoms with Gasteiger partial charge in [-0.15, -0.1) is 0 Å². The van der Waals surface area contributed by atoms with E-state index in [2.05, 4.69) is 45.4 Å². The van der Waals surface area contributed by atoms with E-state index in [0.717, 1.165) is 45.7 Å². The summed E-state index contributed by atoms with van der Waals surface area (Å²) in [6.45, 7) is 6.25. The summed E-state index contributed by atoms with van der Waals surface area (Å²) in [5.41, 5.74) is 1.33. The van der Waals surface area contributed by atoms with Crippen molar-refractivity contribution >= 4 is 5.69 Å². The van der Waals surface area contributed by atoms with E-state index in [9.17, 15) is 5.11 Å². The Bertz CT molecular complexity index is 390. The van der Waals surface area contributed by atoms with E-state index in [1.807, 2.05) is 0 Å². The van der Waals surface area contributed by atoms with Gasteiger partial charge in [0.1, 0.15) is 0 Å². The Morgan fingerprint density at radius 1 is 1.11 bits per heavy atom. The maximum absolute atomic E-state index is 9.53. The predicted molar refractivity (Wildman–Crippen MR) is 77.5 cm³/mol. The number of aliphatic hydroxyl groups excluding tert-OH is 1. The third kappa shape index (κ3) is 3.26. The van der Waals surface area contributed by atoms with Crippen LogP contribution >= 0.6 is 0 Å². The zero-order valence-corrected chi connectivity index (χ0v) is 11.3. The lowest BCUT2D eigenvalue weighted by Gasteiger charge is -2.37. The summed E-state index contributed by atoms with van der Waals surface area (Å²) in [5, 5.41) is 12.9.